The van der Waals surface area contributed by atoms with Crippen LogP contribution in [0.4, 0.5) is 11.4 Å². The number of hydrogen-bond donors (Lipinski definition) is 2. The van der Waals surface area contributed by atoms with Crippen LogP contribution in [0.1, 0.15) is 16.7 Å². The topological polar surface area (TPSA) is 64.9 Å². The molecule has 116 valence electrons. The maximum Gasteiger partial charge on any atom is 0.267 e. The standard InChI is InChI=1S/C19H19N3O/c1-13-6-4-8-17(10-13)21-12-16(11-20)19(23)22-18-9-5-7-14(2)15(18)3/h4-10,12,21H,1-3H3,(H,22,23)/b16-12-. The van der Waals surface area contributed by atoms with Crippen molar-refractivity contribution in [2.45, 2.75) is 20.8 Å². The van der Waals surface area contributed by atoms with Gasteiger partial charge in [0.25, 0.3) is 5.91 Å². The second-order valence-corrected chi connectivity index (χ2v) is 5.39. The van der Waals surface area contributed by atoms with Gasteiger partial charge in [-0.2, -0.15) is 5.26 Å². The average molecular weight is 305 g/mol. The Kier molecular flexibility index (Phi) is 5.16. The number of nitriles is 1. The van der Waals surface area contributed by atoms with Crippen LogP contribution in [0.15, 0.2) is 54.2 Å². The third-order valence-electron chi connectivity index (χ3n) is 3.62. The van der Waals surface area contributed by atoms with Gasteiger partial charge in [-0.1, -0.05) is 24.3 Å². The summed E-state index contributed by atoms with van der Waals surface area (Å²) in [5.74, 6) is -0.429. The molecule has 0 saturated heterocycles. The first-order valence-electron chi connectivity index (χ1n) is 7.32. The number of hydrogen-bond acceptors (Lipinski definition) is 3. The zero-order valence-corrected chi connectivity index (χ0v) is 13.5. The molecule has 4 nitrogen and oxygen atoms in total. The van der Waals surface area contributed by atoms with E-state index in [9.17, 15) is 10.1 Å². The molecule has 0 saturated carbocycles. The Labute approximate surface area is 136 Å². The van der Waals surface area contributed by atoms with Gasteiger partial charge in [0.1, 0.15) is 11.6 Å². The fourth-order valence-electron chi connectivity index (χ4n) is 2.12. The summed E-state index contributed by atoms with van der Waals surface area (Å²) in [4.78, 5) is 12.3. The van der Waals surface area contributed by atoms with Gasteiger partial charge in [0.05, 0.1) is 0 Å². The fraction of sp³-hybridized carbons (Fsp3) is 0.158. The highest BCUT2D eigenvalue weighted by Gasteiger charge is 2.11. The normalized spacial score (nSPS) is 10.8. The van der Waals surface area contributed by atoms with E-state index in [4.69, 9.17) is 0 Å². The van der Waals surface area contributed by atoms with Crippen LogP contribution < -0.4 is 10.6 Å². The molecule has 2 aromatic carbocycles. The predicted octanol–water partition coefficient (Wildman–Crippen LogP) is 4.07. The highest BCUT2D eigenvalue weighted by atomic mass is 16.1. The number of anilines is 2. The zero-order chi connectivity index (χ0) is 16.8. The van der Waals surface area contributed by atoms with E-state index in [1.54, 1.807) is 0 Å². The van der Waals surface area contributed by atoms with Crippen LogP contribution in [0.3, 0.4) is 0 Å². The summed E-state index contributed by atoms with van der Waals surface area (Å²) in [5, 5.41) is 15.0. The molecule has 0 aromatic heterocycles. The number of nitrogens with zero attached hydrogens (tertiary/aromatic N) is 1. The lowest BCUT2D eigenvalue weighted by Gasteiger charge is -2.10. The Hall–Kier alpha value is -3.06. The number of carbonyl (C=O) groups excluding carboxylic acids is 1. The second-order valence-electron chi connectivity index (χ2n) is 5.39. The lowest BCUT2D eigenvalue weighted by atomic mass is 10.1. The van der Waals surface area contributed by atoms with E-state index in [2.05, 4.69) is 10.6 Å². The van der Waals surface area contributed by atoms with Crippen molar-refractivity contribution in [3.05, 3.63) is 70.9 Å². The van der Waals surface area contributed by atoms with Crippen LogP contribution in [-0.2, 0) is 4.79 Å². The minimum Gasteiger partial charge on any atom is -0.360 e. The number of benzene rings is 2. The molecular formula is C19H19N3O. The summed E-state index contributed by atoms with van der Waals surface area (Å²) < 4.78 is 0. The Bertz CT molecular complexity index is 801. The maximum absolute atomic E-state index is 12.3. The number of rotatable bonds is 4. The van der Waals surface area contributed by atoms with E-state index >= 15 is 0 Å². The highest BCUT2D eigenvalue weighted by molar-refractivity contribution is 6.07. The third-order valence-corrected chi connectivity index (χ3v) is 3.62. The van der Waals surface area contributed by atoms with Gasteiger partial charge in [0.15, 0.2) is 0 Å². The molecule has 0 radical (unpaired) electrons. The first kappa shape index (κ1) is 16.3. The van der Waals surface area contributed by atoms with Crippen molar-refractivity contribution < 1.29 is 4.79 Å². The van der Waals surface area contributed by atoms with Crippen LogP contribution in [0.5, 0.6) is 0 Å². The van der Waals surface area contributed by atoms with E-state index in [1.165, 1.54) is 6.20 Å². The predicted molar refractivity (Wildman–Crippen MR) is 93.0 cm³/mol. The Morgan fingerprint density at radius 1 is 1.13 bits per heavy atom. The van der Waals surface area contributed by atoms with Crippen molar-refractivity contribution in [3.8, 4) is 6.07 Å². The fourth-order valence-corrected chi connectivity index (χ4v) is 2.12. The van der Waals surface area contributed by atoms with Crippen LogP contribution in [-0.4, -0.2) is 5.91 Å². The van der Waals surface area contributed by atoms with Gasteiger partial charge in [-0.3, -0.25) is 4.79 Å². The molecule has 0 aliphatic carbocycles. The SMILES string of the molecule is Cc1cccc(N/C=C(/C#N)C(=O)Nc2cccc(C)c2C)c1. The van der Waals surface area contributed by atoms with Gasteiger partial charge >= 0.3 is 0 Å². The molecule has 4 heteroatoms. The number of carbonyl (C=O) groups is 1. The molecule has 2 rings (SSSR count). The number of amides is 1. The molecule has 0 fully saturated rings. The molecule has 0 aliphatic heterocycles. The molecule has 0 atom stereocenters. The van der Waals surface area contributed by atoms with Crippen molar-refractivity contribution in [2.24, 2.45) is 0 Å². The summed E-state index contributed by atoms with van der Waals surface area (Å²) in [6.45, 7) is 5.89. The van der Waals surface area contributed by atoms with Crippen molar-refractivity contribution in [2.75, 3.05) is 10.6 Å². The lowest BCUT2D eigenvalue weighted by Crippen LogP contribution is -2.15. The first-order valence-corrected chi connectivity index (χ1v) is 7.32. The van der Waals surface area contributed by atoms with E-state index < -0.39 is 5.91 Å². The Morgan fingerprint density at radius 2 is 1.87 bits per heavy atom. The molecule has 2 aromatic rings. The van der Waals surface area contributed by atoms with E-state index in [0.29, 0.717) is 5.69 Å². The summed E-state index contributed by atoms with van der Waals surface area (Å²) in [7, 11) is 0. The van der Waals surface area contributed by atoms with Crippen molar-refractivity contribution in [1.29, 1.82) is 5.26 Å². The lowest BCUT2D eigenvalue weighted by molar-refractivity contribution is -0.112. The van der Waals surface area contributed by atoms with Crippen molar-refractivity contribution >= 4 is 17.3 Å². The maximum atomic E-state index is 12.3. The summed E-state index contributed by atoms with van der Waals surface area (Å²) in [5.41, 5.74) is 4.74. The zero-order valence-electron chi connectivity index (χ0n) is 13.5. The van der Waals surface area contributed by atoms with Crippen LogP contribution >= 0.6 is 0 Å². The molecule has 0 spiro atoms. The summed E-state index contributed by atoms with van der Waals surface area (Å²) in [6.07, 6.45) is 1.43. The van der Waals surface area contributed by atoms with E-state index in [1.807, 2.05) is 69.3 Å². The first-order chi connectivity index (χ1) is 11.0. The quantitative estimate of drug-likeness (QED) is 0.661. The molecule has 0 aliphatic rings. The van der Waals surface area contributed by atoms with Gasteiger partial charge in [-0.05, 0) is 55.7 Å². The van der Waals surface area contributed by atoms with Crippen LogP contribution in [0.25, 0.3) is 0 Å². The largest absolute Gasteiger partial charge is 0.360 e. The minimum atomic E-state index is -0.429. The van der Waals surface area contributed by atoms with Crippen molar-refractivity contribution in [1.82, 2.24) is 0 Å². The van der Waals surface area contributed by atoms with Crippen LogP contribution in [0, 0.1) is 32.1 Å². The average Bonchev–Trinajstić information content (AvgIpc) is 2.52. The van der Waals surface area contributed by atoms with Gasteiger partial charge in [-0.25, -0.2) is 0 Å². The molecule has 0 unspecified atom stereocenters. The smallest absolute Gasteiger partial charge is 0.267 e. The number of aryl methyl sites for hydroxylation is 2. The van der Waals surface area contributed by atoms with E-state index in [-0.39, 0.29) is 5.57 Å². The second kappa shape index (κ2) is 7.28. The molecule has 2 N–H and O–H groups in total. The van der Waals surface area contributed by atoms with Gasteiger partial charge < -0.3 is 10.6 Å². The summed E-state index contributed by atoms with van der Waals surface area (Å²) in [6, 6.07) is 15.3. The highest BCUT2D eigenvalue weighted by Crippen LogP contribution is 2.18. The van der Waals surface area contributed by atoms with Crippen molar-refractivity contribution in [3.63, 3.8) is 0 Å². The Balaban J connectivity index is 2.14. The molecule has 0 heterocycles. The Morgan fingerprint density at radius 3 is 2.57 bits per heavy atom. The molecule has 0 bridgehead atoms. The molecule has 23 heavy (non-hydrogen) atoms. The minimum absolute atomic E-state index is 0.0208. The molecular weight excluding hydrogens is 286 g/mol. The molecule has 1 amide bonds. The summed E-state index contributed by atoms with van der Waals surface area (Å²) >= 11 is 0. The van der Waals surface area contributed by atoms with Gasteiger partial charge in [-0.15, -0.1) is 0 Å². The van der Waals surface area contributed by atoms with Gasteiger partial charge in [0, 0.05) is 17.6 Å². The monoisotopic (exact) mass is 305 g/mol. The third kappa shape index (κ3) is 4.21. The number of nitrogens with one attached hydrogen (secondary N) is 2. The van der Waals surface area contributed by atoms with Gasteiger partial charge in [0.2, 0.25) is 0 Å². The van der Waals surface area contributed by atoms with E-state index in [0.717, 1.165) is 22.4 Å². The van der Waals surface area contributed by atoms with Crippen LogP contribution in [0.2, 0.25) is 0 Å².